The average Bonchev–Trinajstić information content (AvgIpc) is 2.54. The molecule has 128 valence electrons. The second-order valence-electron chi connectivity index (χ2n) is 6.10. The Kier molecular flexibility index (Phi) is 6.80. The van der Waals surface area contributed by atoms with Crippen LogP contribution in [0.25, 0.3) is 0 Å². The van der Waals surface area contributed by atoms with E-state index in [1.165, 1.54) is 12.1 Å². The first kappa shape index (κ1) is 17.7. The van der Waals surface area contributed by atoms with E-state index in [9.17, 15) is 4.39 Å². The van der Waals surface area contributed by atoms with Crippen LogP contribution < -0.4 is 10.6 Å². The smallest absolute Gasteiger partial charge is 0.191 e. The van der Waals surface area contributed by atoms with Crippen LogP contribution in [0.2, 0.25) is 0 Å². The summed E-state index contributed by atoms with van der Waals surface area (Å²) in [6, 6.07) is 6.96. The Hall–Kier alpha value is -1.66. The fourth-order valence-corrected chi connectivity index (χ4v) is 2.64. The second-order valence-corrected chi connectivity index (χ2v) is 6.10. The van der Waals surface area contributed by atoms with E-state index in [0.717, 1.165) is 44.2 Å². The molecular weight excluding hydrogens is 293 g/mol. The van der Waals surface area contributed by atoms with E-state index in [1.54, 1.807) is 12.1 Å². The maximum atomic E-state index is 12.9. The molecule has 0 radical (unpaired) electrons. The molecule has 1 atom stereocenters. The number of likely N-dealkylation sites (N-methyl/N-ethyl adjacent to an activating group) is 2. The quantitative estimate of drug-likeness (QED) is 0.630. The van der Waals surface area contributed by atoms with Crippen LogP contribution in [0.3, 0.4) is 0 Å². The molecule has 1 unspecified atom stereocenters. The highest BCUT2D eigenvalue weighted by Crippen LogP contribution is 2.05. The SMILES string of the molecule is CCNC(=NCc1ccc(F)cc1)NCC1CN(C)CCN1C. The largest absolute Gasteiger partial charge is 0.357 e. The number of benzene rings is 1. The van der Waals surface area contributed by atoms with Crippen LogP contribution in [0, 0.1) is 5.82 Å². The molecule has 23 heavy (non-hydrogen) atoms. The first-order valence-corrected chi connectivity index (χ1v) is 8.24. The van der Waals surface area contributed by atoms with Crippen LogP contribution in [0.5, 0.6) is 0 Å². The van der Waals surface area contributed by atoms with Gasteiger partial charge in [0, 0.05) is 38.8 Å². The Labute approximate surface area is 138 Å². The summed E-state index contributed by atoms with van der Waals surface area (Å²) in [4.78, 5) is 9.32. The van der Waals surface area contributed by atoms with E-state index in [0.29, 0.717) is 12.6 Å². The third-order valence-corrected chi connectivity index (χ3v) is 4.16. The Morgan fingerprint density at radius 1 is 1.22 bits per heavy atom. The van der Waals surface area contributed by atoms with Crippen LogP contribution >= 0.6 is 0 Å². The van der Waals surface area contributed by atoms with Gasteiger partial charge in [0.1, 0.15) is 5.82 Å². The van der Waals surface area contributed by atoms with Crippen LogP contribution in [0.1, 0.15) is 12.5 Å². The molecule has 0 bridgehead atoms. The van der Waals surface area contributed by atoms with Gasteiger partial charge in [0.15, 0.2) is 5.96 Å². The zero-order valence-electron chi connectivity index (χ0n) is 14.3. The van der Waals surface area contributed by atoms with Gasteiger partial charge in [0.05, 0.1) is 6.54 Å². The van der Waals surface area contributed by atoms with Crippen molar-refractivity contribution in [3.05, 3.63) is 35.6 Å². The summed E-state index contributed by atoms with van der Waals surface area (Å²) in [5.74, 6) is 0.589. The van der Waals surface area contributed by atoms with Crippen LogP contribution in [0.15, 0.2) is 29.3 Å². The van der Waals surface area contributed by atoms with E-state index < -0.39 is 0 Å². The van der Waals surface area contributed by atoms with Gasteiger partial charge in [-0.15, -0.1) is 0 Å². The molecule has 1 fully saturated rings. The van der Waals surface area contributed by atoms with Crippen molar-refractivity contribution in [1.82, 2.24) is 20.4 Å². The van der Waals surface area contributed by atoms with Gasteiger partial charge in [-0.05, 0) is 38.7 Å². The molecule has 1 heterocycles. The molecule has 0 spiro atoms. The van der Waals surface area contributed by atoms with Crippen LogP contribution in [-0.2, 0) is 6.54 Å². The highest BCUT2D eigenvalue weighted by Gasteiger charge is 2.21. The number of nitrogens with one attached hydrogen (secondary N) is 2. The molecule has 5 nitrogen and oxygen atoms in total. The van der Waals surface area contributed by atoms with Gasteiger partial charge in [0.25, 0.3) is 0 Å². The zero-order valence-corrected chi connectivity index (χ0v) is 14.3. The van der Waals surface area contributed by atoms with Gasteiger partial charge >= 0.3 is 0 Å². The van der Waals surface area contributed by atoms with Gasteiger partial charge in [-0.1, -0.05) is 12.1 Å². The molecule has 0 aliphatic carbocycles. The third kappa shape index (κ3) is 5.80. The molecule has 2 rings (SSSR count). The van der Waals surface area contributed by atoms with Crippen molar-refractivity contribution in [2.45, 2.75) is 19.5 Å². The van der Waals surface area contributed by atoms with Crippen molar-refractivity contribution in [3.63, 3.8) is 0 Å². The van der Waals surface area contributed by atoms with Crippen LogP contribution in [-0.4, -0.2) is 68.6 Å². The third-order valence-electron chi connectivity index (χ3n) is 4.16. The number of piperazine rings is 1. The summed E-state index contributed by atoms with van der Waals surface area (Å²) in [6.45, 7) is 7.52. The fourth-order valence-electron chi connectivity index (χ4n) is 2.64. The van der Waals surface area contributed by atoms with E-state index >= 15 is 0 Å². The Morgan fingerprint density at radius 3 is 2.65 bits per heavy atom. The van der Waals surface area contributed by atoms with Gasteiger partial charge in [-0.25, -0.2) is 9.38 Å². The lowest BCUT2D eigenvalue weighted by Crippen LogP contribution is -2.55. The van der Waals surface area contributed by atoms with E-state index in [1.807, 2.05) is 0 Å². The molecule has 1 aliphatic rings. The summed E-state index contributed by atoms with van der Waals surface area (Å²) < 4.78 is 12.9. The molecule has 1 aliphatic heterocycles. The van der Waals surface area contributed by atoms with Gasteiger partial charge in [-0.3, -0.25) is 4.90 Å². The summed E-state index contributed by atoms with van der Waals surface area (Å²) in [5.41, 5.74) is 0.998. The number of halogens is 1. The minimum Gasteiger partial charge on any atom is -0.357 e. The Morgan fingerprint density at radius 2 is 1.96 bits per heavy atom. The summed E-state index contributed by atoms with van der Waals surface area (Å²) in [7, 11) is 4.33. The van der Waals surface area contributed by atoms with E-state index in [2.05, 4.69) is 46.4 Å². The molecule has 6 heteroatoms. The lowest BCUT2D eigenvalue weighted by atomic mass is 10.2. The van der Waals surface area contributed by atoms with Crippen molar-refractivity contribution in [1.29, 1.82) is 0 Å². The monoisotopic (exact) mass is 321 g/mol. The number of rotatable bonds is 5. The number of aliphatic imine (C=N–C) groups is 1. The summed E-state index contributed by atoms with van der Waals surface area (Å²) in [5, 5.41) is 6.68. The lowest BCUT2D eigenvalue weighted by Gasteiger charge is -2.37. The van der Waals surface area contributed by atoms with E-state index in [-0.39, 0.29) is 5.82 Å². The zero-order chi connectivity index (χ0) is 16.7. The predicted octanol–water partition coefficient (Wildman–Crippen LogP) is 1.13. The van der Waals surface area contributed by atoms with E-state index in [4.69, 9.17) is 0 Å². The highest BCUT2D eigenvalue weighted by atomic mass is 19.1. The first-order valence-electron chi connectivity index (χ1n) is 8.24. The normalized spacial score (nSPS) is 20.5. The molecule has 1 aromatic rings. The van der Waals surface area contributed by atoms with Crippen molar-refractivity contribution < 1.29 is 4.39 Å². The second kappa shape index (κ2) is 8.84. The molecular formula is C17H28FN5. The predicted molar refractivity (Wildman–Crippen MR) is 93.1 cm³/mol. The van der Waals surface area contributed by atoms with Crippen molar-refractivity contribution in [2.24, 2.45) is 4.99 Å². The Balaban J connectivity index is 1.89. The highest BCUT2D eigenvalue weighted by molar-refractivity contribution is 5.79. The van der Waals surface area contributed by atoms with Crippen molar-refractivity contribution in [2.75, 3.05) is 46.8 Å². The fraction of sp³-hybridized carbons (Fsp3) is 0.588. The minimum absolute atomic E-state index is 0.216. The van der Waals surface area contributed by atoms with Gasteiger partial charge < -0.3 is 15.5 Å². The molecule has 0 amide bonds. The number of hydrogen-bond donors (Lipinski definition) is 2. The average molecular weight is 321 g/mol. The Bertz CT molecular complexity index is 502. The molecule has 0 saturated carbocycles. The topological polar surface area (TPSA) is 42.9 Å². The standard InChI is InChI=1S/C17H28FN5/c1-4-19-17(20-11-14-5-7-15(18)8-6-14)21-12-16-13-22(2)9-10-23(16)3/h5-8,16H,4,9-13H2,1-3H3,(H2,19,20,21). The number of guanidine groups is 1. The van der Waals surface area contributed by atoms with Crippen molar-refractivity contribution in [3.8, 4) is 0 Å². The minimum atomic E-state index is -0.216. The first-order chi connectivity index (χ1) is 11.1. The molecule has 2 N–H and O–H groups in total. The maximum Gasteiger partial charge on any atom is 0.191 e. The van der Waals surface area contributed by atoms with Gasteiger partial charge in [0.2, 0.25) is 0 Å². The van der Waals surface area contributed by atoms with Gasteiger partial charge in [-0.2, -0.15) is 0 Å². The number of nitrogens with zero attached hydrogens (tertiary/aromatic N) is 3. The van der Waals surface area contributed by atoms with Crippen LogP contribution in [0.4, 0.5) is 4.39 Å². The summed E-state index contributed by atoms with van der Waals surface area (Å²) in [6.07, 6.45) is 0. The molecule has 1 saturated heterocycles. The lowest BCUT2D eigenvalue weighted by molar-refractivity contribution is 0.116. The number of hydrogen-bond acceptors (Lipinski definition) is 3. The summed E-state index contributed by atoms with van der Waals surface area (Å²) >= 11 is 0. The molecule has 1 aromatic carbocycles. The molecule has 0 aromatic heterocycles. The van der Waals surface area contributed by atoms with Crippen molar-refractivity contribution >= 4 is 5.96 Å². The maximum absolute atomic E-state index is 12.9.